The van der Waals surface area contributed by atoms with Crippen LogP contribution in [0.1, 0.15) is 19.3 Å². The molecule has 1 aliphatic rings. The lowest BCUT2D eigenvalue weighted by atomic mass is 10.1. The molecule has 1 amide bonds. The Morgan fingerprint density at radius 3 is 2.71 bits per heavy atom. The number of carbonyl (C=O) groups is 1. The zero-order chi connectivity index (χ0) is 15.2. The second-order valence-corrected chi connectivity index (χ2v) is 5.03. The number of piperidine rings is 1. The number of methoxy groups -OCH3 is 1. The highest BCUT2D eigenvalue weighted by Crippen LogP contribution is 2.28. The largest absolute Gasteiger partial charge is 0.494 e. The van der Waals surface area contributed by atoms with Crippen LogP contribution in [0.25, 0.3) is 0 Å². The maximum atomic E-state index is 12.0. The summed E-state index contributed by atoms with van der Waals surface area (Å²) in [5.74, 6) is 0.153. The van der Waals surface area contributed by atoms with Gasteiger partial charge < -0.3 is 10.1 Å². The highest BCUT2D eigenvalue weighted by atomic mass is 16.6. The van der Waals surface area contributed by atoms with Crippen molar-refractivity contribution in [2.45, 2.75) is 19.3 Å². The number of rotatable bonds is 5. The summed E-state index contributed by atoms with van der Waals surface area (Å²) in [4.78, 5) is 24.4. The van der Waals surface area contributed by atoms with E-state index in [2.05, 4.69) is 10.2 Å². The molecule has 0 bridgehead atoms. The molecule has 7 heteroatoms. The molecule has 0 aliphatic carbocycles. The SMILES string of the molecule is COc1cc([N+](=O)[O-])ccc1NC(=O)CN1CCCCC1. The normalized spacial score (nSPS) is 15.5. The van der Waals surface area contributed by atoms with Crippen LogP contribution in [0, 0.1) is 10.1 Å². The Labute approximate surface area is 123 Å². The Bertz CT molecular complexity index is 527. The Morgan fingerprint density at radius 2 is 2.10 bits per heavy atom. The van der Waals surface area contributed by atoms with Crippen LogP contribution in [0.5, 0.6) is 5.75 Å². The van der Waals surface area contributed by atoms with Gasteiger partial charge in [-0.3, -0.25) is 19.8 Å². The van der Waals surface area contributed by atoms with Gasteiger partial charge in [-0.05, 0) is 32.0 Å². The zero-order valence-corrected chi connectivity index (χ0v) is 12.0. The van der Waals surface area contributed by atoms with Crippen molar-refractivity contribution >= 4 is 17.3 Å². The van der Waals surface area contributed by atoms with Gasteiger partial charge >= 0.3 is 0 Å². The lowest BCUT2D eigenvalue weighted by molar-refractivity contribution is -0.384. The van der Waals surface area contributed by atoms with Crippen LogP contribution >= 0.6 is 0 Å². The van der Waals surface area contributed by atoms with Gasteiger partial charge in [0, 0.05) is 6.07 Å². The van der Waals surface area contributed by atoms with Crippen molar-refractivity contribution in [3.05, 3.63) is 28.3 Å². The summed E-state index contributed by atoms with van der Waals surface area (Å²) < 4.78 is 5.09. The van der Waals surface area contributed by atoms with Gasteiger partial charge in [0.2, 0.25) is 5.91 Å². The summed E-state index contributed by atoms with van der Waals surface area (Å²) in [5, 5.41) is 13.5. The van der Waals surface area contributed by atoms with Crippen LogP contribution in [0.3, 0.4) is 0 Å². The van der Waals surface area contributed by atoms with Crippen molar-refractivity contribution in [3.63, 3.8) is 0 Å². The first-order chi connectivity index (χ1) is 10.1. The molecule has 0 aromatic heterocycles. The molecule has 1 aliphatic heterocycles. The summed E-state index contributed by atoms with van der Waals surface area (Å²) in [6, 6.07) is 4.14. The molecule has 2 rings (SSSR count). The van der Waals surface area contributed by atoms with Crippen LogP contribution in [0.15, 0.2) is 18.2 Å². The van der Waals surface area contributed by atoms with Gasteiger partial charge in [-0.1, -0.05) is 6.42 Å². The highest BCUT2D eigenvalue weighted by molar-refractivity contribution is 5.93. The predicted molar refractivity (Wildman–Crippen MR) is 78.6 cm³/mol. The Morgan fingerprint density at radius 1 is 1.38 bits per heavy atom. The number of benzene rings is 1. The molecular weight excluding hydrogens is 274 g/mol. The van der Waals surface area contributed by atoms with Crippen molar-refractivity contribution in [2.24, 2.45) is 0 Å². The van der Waals surface area contributed by atoms with E-state index in [0.29, 0.717) is 12.2 Å². The van der Waals surface area contributed by atoms with E-state index in [4.69, 9.17) is 4.74 Å². The molecule has 1 fully saturated rings. The Kier molecular flexibility index (Phi) is 5.10. The number of nitrogens with zero attached hydrogens (tertiary/aromatic N) is 2. The molecule has 114 valence electrons. The zero-order valence-electron chi connectivity index (χ0n) is 12.0. The first kappa shape index (κ1) is 15.2. The molecule has 0 saturated carbocycles. The summed E-state index contributed by atoms with van der Waals surface area (Å²) >= 11 is 0. The molecule has 0 unspecified atom stereocenters. The second-order valence-electron chi connectivity index (χ2n) is 5.03. The smallest absolute Gasteiger partial charge is 0.273 e. The fraction of sp³-hybridized carbons (Fsp3) is 0.500. The Balaban J connectivity index is 2.00. The fourth-order valence-electron chi connectivity index (χ4n) is 2.41. The van der Waals surface area contributed by atoms with E-state index in [0.717, 1.165) is 25.9 Å². The minimum Gasteiger partial charge on any atom is -0.494 e. The van der Waals surface area contributed by atoms with E-state index in [1.165, 1.54) is 31.7 Å². The maximum absolute atomic E-state index is 12.0. The average Bonchev–Trinajstić information content (AvgIpc) is 2.48. The molecule has 21 heavy (non-hydrogen) atoms. The van der Waals surface area contributed by atoms with Crippen LogP contribution in [0.4, 0.5) is 11.4 Å². The molecule has 7 nitrogen and oxygen atoms in total. The number of nitro benzene ring substituents is 1. The number of nitro groups is 1. The molecular formula is C14H19N3O4. The Hall–Kier alpha value is -2.15. The number of hydrogen-bond donors (Lipinski definition) is 1. The molecule has 0 radical (unpaired) electrons. The van der Waals surface area contributed by atoms with Crippen molar-refractivity contribution in [2.75, 3.05) is 32.1 Å². The average molecular weight is 293 g/mol. The van der Waals surface area contributed by atoms with E-state index >= 15 is 0 Å². The van der Waals surface area contributed by atoms with E-state index < -0.39 is 4.92 Å². The van der Waals surface area contributed by atoms with Gasteiger partial charge in [0.25, 0.3) is 5.69 Å². The van der Waals surface area contributed by atoms with Gasteiger partial charge in [-0.2, -0.15) is 0 Å². The van der Waals surface area contributed by atoms with Crippen molar-refractivity contribution in [3.8, 4) is 5.75 Å². The highest BCUT2D eigenvalue weighted by Gasteiger charge is 2.16. The van der Waals surface area contributed by atoms with Gasteiger partial charge in [0.15, 0.2) is 0 Å². The standard InChI is InChI=1S/C14H19N3O4/c1-21-13-9-11(17(19)20)5-6-12(13)15-14(18)10-16-7-3-2-4-8-16/h5-6,9H,2-4,7-8,10H2,1H3,(H,15,18). The van der Waals surface area contributed by atoms with Crippen LogP contribution in [-0.2, 0) is 4.79 Å². The molecule has 1 aromatic rings. The monoisotopic (exact) mass is 293 g/mol. The molecule has 1 heterocycles. The van der Waals surface area contributed by atoms with Crippen molar-refractivity contribution in [1.29, 1.82) is 0 Å². The lowest BCUT2D eigenvalue weighted by Crippen LogP contribution is -2.36. The number of likely N-dealkylation sites (tertiary alicyclic amines) is 1. The first-order valence-electron chi connectivity index (χ1n) is 6.95. The van der Waals surface area contributed by atoms with Gasteiger partial charge in [-0.15, -0.1) is 0 Å². The number of non-ortho nitro benzene ring substituents is 1. The predicted octanol–water partition coefficient (Wildman–Crippen LogP) is 2.03. The van der Waals surface area contributed by atoms with E-state index in [9.17, 15) is 14.9 Å². The van der Waals surface area contributed by atoms with Crippen LogP contribution < -0.4 is 10.1 Å². The third-order valence-corrected chi connectivity index (χ3v) is 3.49. The minimum atomic E-state index is -0.498. The summed E-state index contributed by atoms with van der Waals surface area (Å²) in [6.07, 6.45) is 3.45. The number of hydrogen-bond acceptors (Lipinski definition) is 5. The van der Waals surface area contributed by atoms with Gasteiger partial charge in [0.1, 0.15) is 5.75 Å². The molecule has 0 spiro atoms. The number of nitrogens with one attached hydrogen (secondary N) is 1. The third-order valence-electron chi connectivity index (χ3n) is 3.49. The minimum absolute atomic E-state index is 0.0686. The maximum Gasteiger partial charge on any atom is 0.273 e. The summed E-state index contributed by atoms with van der Waals surface area (Å²) in [5.41, 5.74) is 0.381. The van der Waals surface area contributed by atoms with Crippen LogP contribution in [-0.4, -0.2) is 42.5 Å². The molecule has 1 aromatic carbocycles. The summed E-state index contributed by atoms with van der Waals surface area (Å²) in [7, 11) is 1.42. The van der Waals surface area contributed by atoms with E-state index in [1.807, 2.05) is 0 Å². The summed E-state index contributed by atoms with van der Waals surface area (Å²) in [6.45, 7) is 2.20. The van der Waals surface area contributed by atoms with Gasteiger partial charge in [0.05, 0.1) is 30.3 Å². The van der Waals surface area contributed by atoms with Crippen LogP contribution in [0.2, 0.25) is 0 Å². The van der Waals surface area contributed by atoms with Gasteiger partial charge in [-0.25, -0.2) is 0 Å². The van der Waals surface area contributed by atoms with Crippen molar-refractivity contribution < 1.29 is 14.5 Å². The number of ether oxygens (including phenoxy) is 1. The van der Waals surface area contributed by atoms with Crippen molar-refractivity contribution in [1.82, 2.24) is 4.90 Å². The molecule has 1 saturated heterocycles. The first-order valence-corrected chi connectivity index (χ1v) is 6.95. The second kappa shape index (κ2) is 7.03. The quantitative estimate of drug-likeness (QED) is 0.663. The third kappa shape index (κ3) is 4.16. The van der Waals surface area contributed by atoms with E-state index in [1.54, 1.807) is 0 Å². The van der Waals surface area contributed by atoms with E-state index in [-0.39, 0.29) is 17.3 Å². The lowest BCUT2D eigenvalue weighted by Gasteiger charge is -2.25. The fourth-order valence-corrected chi connectivity index (χ4v) is 2.41. The number of carbonyl (C=O) groups excluding carboxylic acids is 1. The molecule has 1 N–H and O–H groups in total. The number of anilines is 1. The number of amides is 1. The molecule has 0 atom stereocenters. The topological polar surface area (TPSA) is 84.7 Å².